The highest BCUT2D eigenvalue weighted by Gasteiger charge is 2.40. The molecule has 0 fully saturated rings. The maximum atomic E-state index is 12.4. The fourth-order valence-electron chi connectivity index (χ4n) is 4.24. The molecule has 4 rings (SSSR count). The van der Waals surface area contributed by atoms with Gasteiger partial charge in [0.25, 0.3) is 0 Å². The summed E-state index contributed by atoms with van der Waals surface area (Å²) in [7, 11) is 4.08. The zero-order valence-electron chi connectivity index (χ0n) is 17.9. The standard InChI is InChI=1S/C27H27BrN2O/c1-30(2)16-15-27(31,23-11-7-4-8-12-23)26(20-9-5-3-6-10-20)22-17-21-18-24(28)13-14-25(21)29-19-22/h3-14,17-19,26,31H,15-16H2,1-2H3. The highest BCUT2D eigenvalue weighted by Crippen LogP contribution is 2.44. The van der Waals surface area contributed by atoms with Crippen molar-refractivity contribution < 1.29 is 5.11 Å². The molecule has 158 valence electrons. The summed E-state index contributed by atoms with van der Waals surface area (Å²) < 4.78 is 1.01. The fourth-order valence-corrected chi connectivity index (χ4v) is 4.62. The summed E-state index contributed by atoms with van der Waals surface area (Å²) in [6.07, 6.45) is 2.51. The second-order valence-electron chi connectivity index (χ2n) is 8.29. The first-order chi connectivity index (χ1) is 15.0. The Bertz CT molecular complexity index is 1150. The van der Waals surface area contributed by atoms with Crippen molar-refractivity contribution >= 4 is 26.8 Å². The molecule has 0 saturated carbocycles. The normalized spacial score (nSPS) is 14.5. The Kier molecular flexibility index (Phi) is 6.51. The Morgan fingerprint density at radius 2 is 1.58 bits per heavy atom. The molecule has 0 radical (unpaired) electrons. The minimum Gasteiger partial charge on any atom is -0.384 e. The summed E-state index contributed by atoms with van der Waals surface area (Å²) in [6, 6.07) is 28.5. The van der Waals surface area contributed by atoms with Crippen molar-refractivity contribution in [2.45, 2.75) is 17.9 Å². The van der Waals surface area contributed by atoms with E-state index in [2.05, 4.69) is 45.1 Å². The lowest BCUT2D eigenvalue weighted by atomic mass is 9.72. The highest BCUT2D eigenvalue weighted by molar-refractivity contribution is 9.10. The van der Waals surface area contributed by atoms with Crippen LogP contribution in [0.1, 0.15) is 29.0 Å². The predicted octanol–water partition coefficient (Wildman–Crippen LogP) is 5.97. The molecule has 31 heavy (non-hydrogen) atoms. The molecule has 0 spiro atoms. The molecule has 3 nitrogen and oxygen atoms in total. The van der Waals surface area contributed by atoms with Gasteiger partial charge in [-0.15, -0.1) is 0 Å². The lowest BCUT2D eigenvalue weighted by Gasteiger charge is -2.38. The second-order valence-corrected chi connectivity index (χ2v) is 9.21. The molecule has 3 aromatic carbocycles. The molecule has 0 aliphatic carbocycles. The van der Waals surface area contributed by atoms with Crippen LogP contribution < -0.4 is 0 Å². The number of hydrogen-bond acceptors (Lipinski definition) is 3. The van der Waals surface area contributed by atoms with Gasteiger partial charge >= 0.3 is 0 Å². The molecule has 0 saturated heterocycles. The summed E-state index contributed by atoms with van der Waals surface area (Å²) in [6.45, 7) is 0.765. The van der Waals surface area contributed by atoms with Crippen molar-refractivity contribution in [2.24, 2.45) is 0 Å². The summed E-state index contributed by atoms with van der Waals surface area (Å²) in [5.74, 6) is -0.257. The quantitative estimate of drug-likeness (QED) is 0.358. The van der Waals surface area contributed by atoms with Gasteiger partial charge in [-0.05, 0) is 61.5 Å². The van der Waals surface area contributed by atoms with Gasteiger partial charge in [-0.3, -0.25) is 4.98 Å². The molecular formula is C27H27BrN2O. The topological polar surface area (TPSA) is 36.4 Å². The van der Waals surface area contributed by atoms with Crippen LogP contribution in [0.25, 0.3) is 10.9 Å². The van der Waals surface area contributed by atoms with E-state index in [0.29, 0.717) is 6.42 Å². The van der Waals surface area contributed by atoms with E-state index in [9.17, 15) is 5.11 Å². The Balaban J connectivity index is 1.93. The Morgan fingerprint density at radius 3 is 2.26 bits per heavy atom. The largest absolute Gasteiger partial charge is 0.384 e. The van der Waals surface area contributed by atoms with E-state index < -0.39 is 5.60 Å². The monoisotopic (exact) mass is 474 g/mol. The molecule has 0 amide bonds. The van der Waals surface area contributed by atoms with E-state index in [1.807, 2.05) is 81.0 Å². The van der Waals surface area contributed by atoms with Gasteiger partial charge in [0.05, 0.1) is 5.52 Å². The molecule has 0 bridgehead atoms. The number of rotatable bonds is 7. The Hall–Kier alpha value is -2.53. The highest BCUT2D eigenvalue weighted by atomic mass is 79.9. The van der Waals surface area contributed by atoms with Crippen LogP contribution in [0.3, 0.4) is 0 Å². The molecule has 2 unspecified atom stereocenters. The molecule has 1 heterocycles. The van der Waals surface area contributed by atoms with Gasteiger partial charge in [-0.1, -0.05) is 76.6 Å². The smallest absolute Gasteiger partial charge is 0.102 e. The van der Waals surface area contributed by atoms with Crippen molar-refractivity contribution in [3.05, 3.63) is 112 Å². The second kappa shape index (κ2) is 9.31. The van der Waals surface area contributed by atoms with E-state index in [-0.39, 0.29) is 5.92 Å². The van der Waals surface area contributed by atoms with Gasteiger partial charge in [0.15, 0.2) is 0 Å². The zero-order chi connectivity index (χ0) is 21.8. The molecule has 2 atom stereocenters. The summed E-state index contributed by atoms with van der Waals surface area (Å²) >= 11 is 3.57. The molecule has 1 N–H and O–H groups in total. The first-order valence-electron chi connectivity index (χ1n) is 10.5. The Morgan fingerprint density at radius 1 is 0.903 bits per heavy atom. The maximum Gasteiger partial charge on any atom is 0.102 e. The third-order valence-electron chi connectivity index (χ3n) is 5.82. The van der Waals surface area contributed by atoms with Gasteiger partial charge < -0.3 is 10.0 Å². The van der Waals surface area contributed by atoms with E-state index in [1.165, 1.54) is 0 Å². The van der Waals surface area contributed by atoms with Crippen LogP contribution in [0, 0.1) is 0 Å². The number of aliphatic hydroxyl groups is 1. The van der Waals surface area contributed by atoms with E-state index in [1.54, 1.807) is 0 Å². The maximum absolute atomic E-state index is 12.4. The number of benzene rings is 3. The fraction of sp³-hybridized carbons (Fsp3) is 0.222. The van der Waals surface area contributed by atoms with Crippen molar-refractivity contribution in [1.29, 1.82) is 0 Å². The summed E-state index contributed by atoms with van der Waals surface area (Å²) in [4.78, 5) is 6.85. The summed E-state index contributed by atoms with van der Waals surface area (Å²) in [5.41, 5.74) is 2.84. The van der Waals surface area contributed by atoms with Crippen LogP contribution in [0.15, 0.2) is 95.6 Å². The number of aromatic nitrogens is 1. The average molecular weight is 475 g/mol. The van der Waals surface area contributed by atoms with Crippen molar-refractivity contribution in [2.75, 3.05) is 20.6 Å². The van der Waals surface area contributed by atoms with Gasteiger partial charge in [0.1, 0.15) is 5.60 Å². The van der Waals surface area contributed by atoms with Crippen molar-refractivity contribution in [3.8, 4) is 0 Å². The third-order valence-corrected chi connectivity index (χ3v) is 6.32. The minimum atomic E-state index is -1.09. The van der Waals surface area contributed by atoms with Crippen LogP contribution in [-0.4, -0.2) is 35.6 Å². The van der Waals surface area contributed by atoms with Gasteiger partial charge in [0.2, 0.25) is 0 Å². The van der Waals surface area contributed by atoms with E-state index >= 15 is 0 Å². The SMILES string of the molecule is CN(C)CCC(O)(c1ccccc1)C(c1ccccc1)c1cnc2ccc(Br)cc2c1. The van der Waals surface area contributed by atoms with Crippen LogP contribution in [0.5, 0.6) is 0 Å². The average Bonchev–Trinajstić information content (AvgIpc) is 2.79. The van der Waals surface area contributed by atoms with Crippen LogP contribution in [0.2, 0.25) is 0 Å². The Labute approximate surface area is 192 Å². The predicted molar refractivity (Wildman–Crippen MR) is 131 cm³/mol. The minimum absolute atomic E-state index is 0.257. The van der Waals surface area contributed by atoms with E-state index in [0.717, 1.165) is 38.6 Å². The number of pyridine rings is 1. The molecule has 4 aromatic rings. The molecule has 0 aliphatic heterocycles. The van der Waals surface area contributed by atoms with Crippen LogP contribution in [-0.2, 0) is 5.60 Å². The van der Waals surface area contributed by atoms with Gasteiger partial charge in [0, 0.05) is 28.5 Å². The molecule has 0 aliphatic rings. The van der Waals surface area contributed by atoms with Crippen molar-refractivity contribution in [3.63, 3.8) is 0 Å². The number of fused-ring (bicyclic) bond motifs is 1. The number of hydrogen-bond donors (Lipinski definition) is 1. The van der Waals surface area contributed by atoms with Crippen LogP contribution in [0.4, 0.5) is 0 Å². The van der Waals surface area contributed by atoms with Crippen LogP contribution >= 0.6 is 15.9 Å². The first-order valence-corrected chi connectivity index (χ1v) is 11.3. The third kappa shape index (κ3) is 4.72. The lowest BCUT2D eigenvalue weighted by molar-refractivity contribution is 0.00444. The first kappa shape index (κ1) is 21.7. The number of halogens is 1. The lowest BCUT2D eigenvalue weighted by Crippen LogP contribution is -2.37. The molecular weight excluding hydrogens is 448 g/mol. The molecule has 4 heteroatoms. The number of nitrogens with zero attached hydrogens (tertiary/aromatic N) is 2. The van der Waals surface area contributed by atoms with Crippen molar-refractivity contribution in [1.82, 2.24) is 9.88 Å². The van der Waals surface area contributed by atoms with Gasteiger partial charge in [-0.25, -0.2) is 0 Å². The summed E-state index contributed by atoms with van der Waals surface area (Å²) in [5, 5.41) is 13.4. The van der Waals surface area contributed by atoms with Gasteiger partial charge in [-0.2, -0.15) is 0 Å². The molecule has 1 aromatic heterocycles. The zero-order valence-corrected chi connectivity index (χ0v) is 19.5. The van der Waals surface area contributed by atoms with E-state index in [4.69, 9.17) is 4.98 Å².